The molecule has 0 aliphatic rings. The molecule has 0 N–H and O–H groups in total. The van der Waals surface area contributed by atoms with Gasteiger partial charge in [0.1, 0.15) is 0 Å². The minimum absolute atomic E-state index is 0.119. The third-order valence-electron chi connectivity index (χ3n) is 1.52. The van der Waals surface area contributed by atoms with Crippen LogP contribution in [0.3, 0.4) is 0 Å². The maximum atomic E-state index is 12.0. The summed E-state index contributed by atoms with van der Waals surface area (Å²) in [6.45, 7) is 0. The van der Waals surface area contributed by atoms with Crippen LogP contribution >= 0.6 is 34.2 Å². The second-order valence-electron chi connectivity index (χ2n) is 2.68. The molecule has 0 aliphatic carbocycles. The summed E-state index contributed by atoms with van der Waals surface area (Å²) in [5, 5.41) is 10.5. The molecule has 5 nitrogen and oxygen atoms in total. The molecule has 0 bridgehead atoms. The highest BCUT2D eigenvalue weighted by Crippen LogP contribution is 2.33. The van der Waals surface area contributed by atoms with Gasteiger partial charge >= 0.3 is 12.2 Å². The fourth-order valence-electron chi connectivity index (χ4n) is 0.924. The molecule has 10 heteroatoms. The van der Waals surface area contributed by atoms with E-state index in [9.17, 15) is 23.3 Å². The van der Waals surface area contributed by atoms with E-state index < -0.39 is 22.9 Å². The van der Waals surface area contributed by atoms with Crippen LogP contribution in [0.4, 0.5) is 19.0 Å². The first kappa shape index (κ1) is 14.2. The first-order chi connectivity index (χ1) is 7.74. The number of pyridine rings is 1. The smallest absolute Gasteiger partial charge is 0.397 e. The zero-order valence-electron chi connectivity index (χ0n) is 7.79. The Bertz CT molecular complexity index is 455. The zero-order chi connectivity index (χ0) is 13.2. The third-order valence-corrected chi connectivity index (χ3v) is 2.71. The van der Waals surface area contributed by atoms with Crippen molar-refractivity contribution in [2.45, 2.75) is 12.2 Å². The van der Waals surface area contributed by atoms with Crippen molar-refractivity contribution in [2.75, 3.05) is 0 Å². The second kappa shape index (κ2) is 5.21. The molecular formula is C7H3ClF3IN2O3. The Kier molecular flexibility index (Phi) is 4.36. The lowest BCUT2D eigenvalue weighted by atomic mass is 10.3. The van der Waals surface area contributed by atoms with E-state index in [1.165, 1.54) is 0 Å². The number of alkyl halides is 4. The fraction of sp³-hybridized carbons (Fsp3) is 0.286. The van der Waals surface area contributed by atoms with Crippen LogP contribution in [0.5, 0.6) is 5.75 Å². The van der Waals surface area contributed by atoms with E-state index in [1.54, 1.807) is 22.6 Å². The van der Waals surface area contributed by atoms with E-state index in [1.807, 2.05) is 0 Å². The minimum Gasteiger partial charge on any atom is -0.397 e. The summed E-state index contributed by atoms with van der Waals surface area (Å²) in [5.41, 5.74) is 0.119. The Morgan fingerprint density at radius 3 is 2.59 bits per heavy atom. The molecule has 0 spiro atoms. The van der Waals surface area contributed by atoms with Crippen LogP contribution in [0, 0.1) is 13.7 Å². The molecule has 0 saturated heterocycles. The van der Waals surface area contributed by atoms with E-state index in [0.717, 1.165) is 6.07 Å². The fourth-order valence-corrected chi connectivity index (χ4v) is 1.95. The summed E-state index contributed by atoms with van der Waals surface area (Å²) < 4.78 is 39.8. The van der Waals surface area contributed by atoms with Gasteiger partial charge in [-0.2, -0.15) is 0 Å². The van der Waals surface area contributed by atoms with Crippen LogP contribution in [0.25, 0.3) is 0 Å². The maximum absolute atomic E-state index is 12.0. The number of hydrogen-bond donors (Lipinski definition) is 0. The quantitative estimate of drug-likeness (QED) is 0.348. The van der Waals surface area contributed by atoms with Gasteiger partial charge in [-0.1, -0.05) is 0 Å². The van der Waals surface area contributed by atoms with Crippen LogP contribution in [0.15, 0.2) is 6.07 Å². The highest BCUT2D eigenvalue weighted by molar-refractivity contribution is 14.1. The number of aromatic nitrogens is 1. The Hall–Kier alpha value is -0.840. The molecule has 0 amide bonds. The first-order valence-electron chi connectivity index (χ1n) is 3.90. The van der Waals surface area contributed by atoms with Crippen LogP contribution < -0.4 is 4.74 Å². The summed E-state index contributed by atoms with van der Waals surface area (Å²) in [7, 11) is 0. The van der Waals surface area contributed by atoms with Crippen molar-refractivity contribution in [3.63, 3.8) is 0 Å². The number of nitrogens with zero attached hydrogens (tertiary/aromatic N) is 2. The number of nitro groups is 1. The number of halogens is 5. The summed E-state index contributed by atoms with van der Waals surface area (Å²) in [4.78, 5) is 12.9. The largest absolute Gasteiger partial charge is 0.573 e. The van der Waals surface area contributed by atoms with Gasteiger partial charge in [0.25, 0.3) is 0 Å². The highest BCUT2D eigenvalue weighted by Gasteiger charge is 2.35. The minimum atomic E-state index is -5.02. The molecule has 1 rings (SSSR count). The van der Waals surface area contributed by atoms with Crippen molar-refractivity contribution in [3.8, 4) is 5.75 Å². The molecule has 0 aromatic carbocycles. The average molecular weight is 382 g/mol. The second-order valence-corrected chi connectivity index (χ2v) is 4.11. The topological polar surface area (TPSA) is 65.3 Å². The summed E-state index contributed by atoms with van der Waals surface area (Å²) in [6.07, 6.45) is -5.02. The highest BCUT2D eigenvalue weighted by atomic mass is 127. The lowest BCUT2D eigenvalue weighted by molar-refractivity contribution is -0.393. The van der Waals surface area contributed by atoms with Crippen molar-refractivity contribution < 1.29 is 22.8 Å². The Morgan fingerprint density at radius 2 is 2.18 bits per heavy atom. The Balaban J connectivity index is 3.28. The van der Waals surface area contributed by atoms with Crippen LogP contribution in [-0.2, 0) is 5.88 Å². The van der Waals surface area contributed by atoms with Gasteiger partial charge < -0.3 is 14.9 Å². The molecule has 0 radical (unpaired) electrons. The van der Waals surface area contributed by atoms with E-state index >= 15 is 0 Å². The van der Waals surface area contributed by atoms with E-state index in [2.05, 4.69) is 9.72 Å². The van der Waals surface area contributed by atoms with Crippen LogP contribution in [0.2, 0.25) is 0 Å². The third kappa shape index (κ3) is 3.84. The van der Waals surface area contributed by atoms with Crippen molar-refractivity contribution in [3.05, 3.63) is 25.4 Å². The average Bonchev–Trinajstić information content (AvgIpc) is 2.14. The van der Waals surface area contributed by atoms with Gasteiger partial charge in [0, 0.05) is 6.07 Å². The Morgan fingerprint density at radius 1 is 1.59 bits per heavy atom. The molecule has 1 aromatic rings. The lowest BCUT2D eigenvalue weighted by Gasteiger charge is -2.09. The van der Waals surface area contributed by atoms with Gasteiger partial charge in [0.05, 0.1) is 9.45 Å². The summed E-state index contributed by atoms with van der Waals surface area (Å²) >= 11 is 7.10. The van der Waals surface area contributed by atoms with Gasteiger partial charge in [-0.15, -0.1) is 24.8 Å². The standard InChI is InChI=1S/C7H3ClF3IN2O3/c8-2-4-3(12)1-5(17-7(9,10)11)6(13-4)14(15)16/h1H,2H2. The van der Waals surface area contributed by atoms with Gasteiger partial charge in [-0.05, 0) is 32.5 Å². The molecular weight excluding hydrogens is 379 g/mol. The molecule has 0 fully saturated rings. The first-order valence-corrected chi connectivity index (χ1v) is 5.51. The predicted molar refractivity (Wildman–Crippen MR) is 59.8 cm³/mol. The van der Waals surface area contributed by atoms with E-state index in [-0.39, 0.29) is 15.1 Å². The van der Waals surface area contributed by atoms with Gasteiger partial charge in [-0.3, -0.25) is 0 Å². The van der Waals surface area contributed by atoms with Gasteiger partial charge in [-0.25, -0.2) is 0 Å². The number of rotatable bonds is 3. The van der Waals surface area contributed by atoms with Crippen LogP contribution in [-0.4, -0.2) is 16.3 Å². The number of ether oxygens (including phenoxy) is 1. The lowest BCUT2D eigenvalue weighted by Crippen LogP contribution is -2.18. The molecule has 94 valence electrons. The number of hydrogen-bond acceptors (Lipinski definition) is 4. The predicted octanol–water partition coefficient (Wildman–Crippen LogP) is 3.23. The maximum Gasteiger partial charge on any atom is 0.573 e. The molecule has 0 atom stereocenters. The van der Waals surface area contributed by atoms with Crippen molar-refractivity contribution in [2.24, 2.45) is 0 Å². The molecule has 0 saturated carbocycles. The van der Waals surface area contributed by atoms with Crippen molar-refractivity contribution >= 4 is 40.0 Å². The molecule has 1 aromatic heterocycles. The van der Waals surface area contributed by atoms with Crippen LogP contribution in [0.1, 0.15) is 5.69 Å². The molecule has 0 aliphatic heterocycles. The SMILES string of the molecule is O=[N+]([O-])c1nc(CCl)c(I)cc1OC(F)(F)F. The summed E-state index contributed by atoms with van der Waals surface area (Å²) in [6, 6.07) is 0.872. The van der Waals surface area contributed by atoms with Gasteiger partial charge in [0.15, 0.2) is 5.69 Å². The molecule has 17 heavy (non-hydrogen) atoms. The van der Waals surface area contributed by atoms with Gasteiger partial charge in [0.2, 0.25) is 5.75 Å². The zero-order valence-corrected chi connectivity index (χ0v) is 10.7. The monoisotopic (exact) mass is 382 g/mol. The van der Waals surface area contributed by atoms with E-state index in [4.69, 9.17) is 11.6 Å². The van der Waals surface area contributed by atoms with Crippen molar-refractivity contribution in [1.29, 1.82) is 0 Å². The molecule has 0 unspecified atom stereocenters. The summed E-state index contributed by atoms with van der Waals surface area (Å²) in [5.74, 6) is -2.12. The molecule has 1 heterocycles. The Labute approximate surface area is 111 Å². The normalized spacial score (nSPS) is 11.4. The van der Waals surface area contributed by atoms with E-state index in [0.29, 0.717) is 0 Å². The van der Waals surface area contributed by atoms with Crippen molar-refractivity contribution in [1.82, 2.24) is 4.98 Å².